The highest BCUT2D eigenvalue weighted by molar-refractivity contribution is 7.99. The first-order chi connectivity index (χ1) is 16.1. The van der Waals surface area contributed by atoms with Gasteiger partial charge in [-0.25, -0.2) is 4.68 Å². The summed E-state index contributed by atoms with van der Waals surface area (Å²) in [6.07, 6.45) is 0. The van der Waals surface area contributed by atoms with Crippen molar-refractivity contribution in [3.8, 4) is 23.0 Å². The molecule has 0 bridgehead atoms. The van der Waals surface area contributed by atoms with Gasteiger partial charge in [-0.15, -0.1) is 10.2 Å². The lowest BCUT2D eigenvalue weighted by molar-refractivity contribution is -0.118. The van der Waals surface area contributed by atoms with Crippen LogP contribution in [0.1, 0.15) is 12.7 Å². The van der Waals surface area contributed by atoms with Crippen molar-refractivity contribution in [1.29, 1.82) is 0 Å². The van der Waals surface area contributed by atoms with E-state index in [2.05, 4.69) is 15.5 Å². The first-order valence-corrected chi connectivity index (χ1v) is 11.3. The standard InChI is InChI=1S/C22H27N5O5S/c1-3-30-16-7-9-17(10-8-16)31-12-11-24-21(28)15-33-22-26-25-20(27(22)23)14-32-19-6-4-5-18(13-19)29-2/h4-10,13H,3,11-12,14-15,23H2,1-2H3,(H,24,28). The molecule has 1 amide bonds. The smallest absolute Gasteiger partial charge is 0.230 e. The van der Waals surface area contributed by atoms with Crippen LogP contribution < -0.4 is 30.1 Å². The fourth-order valence-corrected chi connectivity index (χ4v) is 3.39. The summed E-state index contributed by atoms with van der Waals surface area (Å²) in [5.41, 5.74) is 0. The van der Waals surface area contributed by atoms with E-state index in [-0.39, 0.29) is 18.3 Å². The van der Waals surface area contributed by atoms with Gasteiger partial charge in [-0.05, 0) is 43.3 Å². The molecule has 3 aromatic rings. The molecule has 11 heteroatoms. The largest absolute Gasteiger partial charge is 0.497 e. The topological polar surface area (TPSA) is 123 Å². The van der Waals surface area contributed by atoms with Crippen LogP contribution in [0.5, 0.6) is 23.0 Å². The Balaban J connectivity index is 1.36. The number of methoxy groups -OCH3 is 1. The second-order valence-corrected chi connectivity index (χ2v) is 7.57. The summed E-state index contributed by atoms with van der Waals surface area (Å²) in [7, 11) is 1.59. The van der Waals surface area contributed by atoms with Crippen molar-refractivity contribution in [2.45, 2.75) is 18.7 Å². The summed E-state index contributed by atoms with van der Waals surface area (Å²) in [5, 5.41) is 11.3. The summed E-state index contributed by atoms with van der Waals surface area (Å²) in [6.45, 7) is 3.40. The molecule has 0 aliphatic heterocycles. The number of hydrogen-bond donors (Lipinski definition) is 2. The second kappa shape index (κ2) is 12.4. The molecule has 0 aliphatic carbocycles. The maximum Gasteiger partial charge on any atom is 0.230 e. The van der Waals surface area contributed by atoms with Crippen LogP contribution >= 0.6 is 11.8 Å². The fourth-order valence-electron chi connectivity index (χ4n) is 2.68. The third kappa shape index (κ3) is 7.49. The minimum absolute atomic E-state index is 0.131. The van der Waals surface area contributed by atoms with Gasteiger partial charge in [0.2, 0.25) is 11.1 Å². The molecule has 0 unspecified atom stereocenters. The Morgan fingerprint density at radius 1 is 1.03 bits per heavy atom. The Hall–Kier alpha value is -3.60. The predicted octanol–water partition coefficient (Wildman–Crippen LogP) is 2.27. The summed E-state index contributed by atoms with van der Waals surface area (Å²) in [4.78, 5) is 12.1. The maximum absolute atomic E-state index is 12.1. The minimum Gasteiger partial charge on any atom is -0.497 e. The van der Waals surface area contributed by atoms with Gasteiger partial charge in [0.15, 0.2) is 5.82 Å². The number of ether oxygens (including phenoxy) is 4. The third-order valence-electron chi connectivity index (χ3n) is 4.30. The van der Waals surface area contributed by atoms with Crippen LogP contribution in [0.25, 0.3) is 0 Å². The molecule has 0 aliphatic rings. The van der Waals surface area contributed by atoms with Crippen LogP contribution in [-0.4, -0.2) is 53.4 Å². The molecule has 176 valence electrons. The lowest BCUT2D eigenvalue weighted by Crippen LogP contribution is -2.29. The van der Waals surface area contributed by atoms with Gasteiger partial charge in [0.25, 0.3) is 0 Å². The molecular weight excluding hydrogens is 446 g/mol. The lowest BCUT2D eigenvalue weighted by Gasteiger charge is -2.09. The summed E-state index contributed by atoms with van der Waals surface area (Å²) >= 11 is 1.19. The fraction of sp³-hybridized carbons (Fsp3) is 0.318. The van der Waals surface area contributed by atoms with E-state index in [9.17, 15) is 4.79 Å². The zero-order valence-electron chi connectivity index (χ0n) is 18.5. The Morgan fingerprint density at radius 3 is 2.48 bits per heavy atom. The number of amides is 1. The number of benzene rings is 2. The number of hydrogen-bond acceptors (Lipinski definition) is 9. The van der Waals surface area contributed by atoms with Gasteiger partial charge in [-0.1, -0.05) is 17.8 Å². The zero-order valence-corrected chi connectivity index (χ0v) is 19.3. The average Bonchev–Trinajstić information content (AvgIpc) is 3.19. The van der Waals surface area contributed by atoms with Gasteiger partial charge in [-0.3, -0.25) is 4.79 Å². The van der Waals surface area contributed by atoms with Crippen LogP contribution in [0.4, 0.5) is 0 Å². The van der Waals surface area contributed by atoms with E-state index in [1.807, 2.05) is 43.3 Å². The van der Waals surface area contributed by atoms with E-state index in [0.717, 1.165) is 5.75 Å². The van der Waals surface area contributed by atoms with E-state index in [0.29, 0.717) is 48.0 Å². The molecule has 3 N–H and O–H groups in total. The Kier molecular flexibility index (Phi) is 9.07. The molecule has 0 atom stereocenters. The number of aromatic nitrogens is 3. The first-order valence-electron chi connectivity index (χ1n) is 10.3. The number of nitrogens with zero attached hydrogens (tertiary/aromatic N) is 3. The summed E-state index contributed by atoms with van der Waals surface area (Å²) in [6, 6.07) is 14.5. The third-order valence-corrected chi connectivity index (χ3v) is 5.25. The van der Waals surface area contributed by atoms with Crippen molar-refractivity contribution < 1.29 is 23.7 Å². The monoisotopic (exact) mass is 473 g/mol. The Bertz CT molecular complexity index is 1030. The van der Waals surface area contributed by atoms with E-state index in [1.165, 1.54) is 16.4 Å². The van der Waals surface area contributed by atoms with Gasteiger partial charge < -0.3 is 30.1 Å². The zero-order chi connectivity index (χ0) is 23.5. The Morgan fingerprint density at radius 2 is 1.76 bits per heavy atom. The van der Waals surface area contributed by atoms with Gasteiger partial charge in [0.05, 0.1) is 26.0 Å². The number of nitrogens with two attached hydrogens (primary N) is 1. The van der Waals surface area contributed by atoms with E-state index in [4.69, 9.17) is 24.8 Å². The second-order valence-electron chi connectivity index (χ2n) is 6.63. The molecule has 2 aromatic carbocycles. The van der Waals surface area contributed by atoms with E-state index < -0.39 is 0 Å². The van der Waals surface area contributed by atoms with Crippen LogP contribution in [0.2, 0.25) is 0 Å². The van der Waals surface area contributed by atoms with Crippen LogP contribution in [-0.2, 0) is 11.4 Å². The van der Waals surface area contributed by atoms with Crippen molar-refractivity contribution in [2.24, 2.45) is 0 Å². The van der Waals surface area contributed by atoms with E-state index in [1.54, 1.807) is 19.2 Å². The maximum atomic E-state index is 12.1. The SMILES string of the molecule is CCOc1ccc(OCCNC(=O)CSc2nnc(COc3cccc(OC)c3)n2N)cc1. The molecule has 33 heavy (non-hydrogen) atoms. The molecule has 10 nitrogen and oxygen atoms in total. The predicted molar refractivity (Wildman–Crippen MR) is 124 cm³/mol. The molecule has 3 rings (SSSR count). The average molecular weight is 474 g/mol. The highest BCUT2D eigenvalue weighted by atomic mass is 32.2. The number of nitrogen functional groups attached to an aromatic ring is 1. The molecule has 1 heterocycles. The molecule has 0 fully saturated rings. The van der Waals surface area contributed by atoms with Gasteiger partial charge in [0, 0.05) is 6.07 Å². The minimum atomic E-state index is -0.160. The molecule has 0 spiro atoms. The number of rotatable bonds is 13. The van der Waals surface area contributed by atoms with Crippen molar-refractivity contribution in [2.75, 3.05) is 38.5 Å². The van der Waals surface area contributed by atoms with Crippen LogP contribution in [0, 0.1) is 0 Å². The molecular formula is C22H27N5O5S. The lowest BCUT2D eigenvalue weighted by atomic mass is 10.3. The van der Waals surface area contributed by atoms with Crippen LogP contribution in [0.15, 0.2) is 53.7 Å². The van der Waals surface area contributed by atoms with E-state index >= 15 is 0 Å². The Labute approximate surface area is 196 Å². The van der Waals surface area contributed by atoms with Gasteiger partial charge in [-0.2, -0.15) is 0 Å². The summed E-state index contributed by atoms with van der Waals surface area (Å²) in [5.74, 6) is 9.27. The van der Waals surface area contributed by atoms with Gasteiger partial charge >= 0.3 is 0 Å². The van der Waals surface area contributed by atoms with Gasteiger partial charge in [0.1, 0.15) is 36.2 Å². The number of nitrogens with one attached hydrogen (secondary N) is 1. The van der Waals surface area contributed by atoms with Crippen molar-refractivity contribution in [1.82, 2.24) is 20.2 Å². The van der Waals surface area contributed by atoms with Crippen molar-refractivity contribution in [3.05, 3.63) is 54.4 Å². The molecule has 0 saturated heterocycles. The van der Waals surface area contributed by atoms with Crippen LogP contribution in [0.3, 0.4) is 0 Å². The molecule has 0 radical (unpaired) electrons. The summed E-state index contributed by atoms with van der Waals surface area (Å²) < 4.78 is 23.2. The molecule has 1 aromatic heterocycles. The normalized spacial score (nSPS) is 10.5. The highest BCUT2D eigenvalue weighted by Crippen LogP contribution is 2.21. The first kappa shape index (κ1) is 24.1. The number of thioether (sulfide) groups is 1. The molecule has 0 saturated carbocycles. The number of carbonyl (C=O) groups excluding carboxylic acids is 1. The number of carbonyl (C=O) groups is 1. The van der Waals surface area contributed by atoms with Crippen molar-refractivity contribution in [3.63, 3.8) is 0 Å². The quantitative estimate of drug-likeness (QED) is 0.219. The van der Waals surface area contributed by atoms with Crippen molar-refractivity contribution >= 4 is 17.7 Å². The highest BCUT2D eigenvalue weighted by Gasteiger charge is 2.13.